The van der Waals surface area contributed by atoms with Crippen LogP contribution in [0.5, 0.6) is 0 Å². The maximum atomic E-state index is 5.20. The maximum absolute atomic E-state index is 5.20. The number of benzene rings is 8. The molecule has 0 fully saturated rings. The van der Waals surface area contributed by atoms with Crippen LogP contribution in [0.15, 0.2) is 188 Å². The van der Waals surface area contributed by atoms with E-state index in [0.29, 0.717) is 17.5 Å². The van der Waals surface area contributed by atoms with Crippen molar-refractivity contribution in [2.24, 2.45) is 0 Å². The van der Waals surface area contributed by atoms with Crippen LogP contribution < -0.4 is 0 Å². The lowest BCUT2D eigenvalue weighted by Crippen LogP contribution is -2.00. The number of para-hydroxylation sites is 3. The van der Waals surface area contributed by atoms with Crippen molar-refractivity contribution < 1.29 is 0 Å². The number of fused-ring (bicyclic) bond motifs is 9. The van der Waals surface area contributed by atoms with Crippen LogP contribution in [-0.4, -0.2) is 24.1 Å². The number of aromatic nitrogens is 5. The van der Waals surface area contributed by atoms with Crippen LogP contribution in [0.4, 0.5) is 0 Å². The molecule has 0 spiro atoms. The summed E-state index contributed by atoms with van der Waals surface area (Å²) < 4.78 is 7.25. The molecule has 5 nitrogen and oxygen atoms in total. The van der Waals surface area contributed by atoms with Gasteiger partial charge < -0.3 is 9.13 Å². The molecule has 0 bridgehead atoms. The van der Waals surface area contributed by atoms with Crippen LogP contribution >= 0.6 is 11.3 Å². The number of hydrogen-bond donors (Lipinski definition) is 0. The Bertz CT molecular complexity index is 3520. The molecule has 0 radical (unpaired) electrons. The lowest BCUT2D eigenvalue weighted by Gasteiger charge is -2.12. The molecule has 57 heavy (non-hydrogen) atoms. The van der Waals surface area contributed by atoms with Crippen LogP contribution in [0.2, 0.25) is 0 Å². The molecule has 0 N–H and O–H groups in total. The Kier molecular flexibility index (Phi) is 7.03. The van der Waals surface area contributed by atoms with Gasteiger partial charge in [-0.05, 0) is 54.6 Å². The number of thiophene rings is 1. The lowest BCUT2D eigenvalue weighted by molar-refractivity contribution is 1.07. The molecule has 0 amide bonds. The highest BCUT2D eigenvalue weighted by atomic mass is 32.1. The van der Waals surface area contributed by atoms with Crippen LogP contribution in [0.1, 0.15) is 0 Å². The van der Waals surface area contributed by atoms with Gasteiger partial charge in [-0.15, -0.1) is 11.3 Å². The molecule has 0 unspecified atom stereocenters. The van der Waals surface area contributed by atoms with Crippen molar-refractivity contribution >= 4 is 75.1 Å². The van der Waals surface area contributed by atoms with E-state index in [1.807, 2.05) is 18.2 Å². The van der Waals surface area contributed by atoms with Crippen molar-refractivity contribution in [3.63, 3.8) is 0 Å². The summed E-state index contributed by atoms with van der Waals surface area (Å²) in [5.74, 6) is 1.93. The monoisotopic (exact) mass is 745 g/mol. The van der Waals surface area contributed by atoms with Crippen molar-refractivity contribution in [3.05, 3.63) is 188 Å². The van der Waals surface area contributed by atoms with Gasteiger partial charge in [0.15, 0.2) is 17.5 Å². The Morgan fingerprint density at radius 1 is 0.298 bits per heavy atom. The first-order valence-electron chi connectivity index (χ1n) is 19.1. The predicted octanol–water partition coefficient (Wildman–Crippen LogP) is 13.4. The molecule has 0 saturated carbocycles. The highest BCUT2D eigenvalue weighted by Crippen LogP contribution is 2.39. The zero-order chi connectivity index (χ0) is 37.5. The first kappa shape index (κ1) is 31.9. The van der Waals surface area contributed by atoms with E-state index in [2.05, 4.69) is 179 Å². The quantitative estimate of drug-likeness (QED) is 0.176. The van der Waals surface area contributed by atoms with Crippen molar-refractivity contribution in [3.8, 4) is 45.5 Å². The molecule has 4 heterocycles. The van der Waals surface area contributed by atoms with E-state index in [1.165, 1.54) is 47.2 Å². The normalized spacial score (nSPS) is 11.9. The molecule has 0 aliphatic rings. The fraction of sp³-hybridized carbons (Fsp3) is 0. The lowest BCUT2D eigenvalue weighted by atomic mass is 10.1. The van der Waals surface area contributed by atoms with Crippen LogP contribution in [0, 0.1) is 0 Å². The van der Waals surface area contributed by atoms with Gasteiger partial charge in [-0.1, -0.05) is 133 Å². The van der Waals surface area contributed by atoms with Crippen LogP contribution in [-0.2, 0) is 0 Å². The second-order valence-corrected chi connectivity index (χ2v) is 15.5. The zero-order valence-corrected chi connectivity index (χ0v) is 31.4. The summed E-state index contributed by atoms with van der Waals surface area (Å²) in [5.41, 5.74) is 9.64. The molecule has 6 heteroatoms. The van der Waals surface area contributed by atoms with Gasteiger partial charge in [0.2, 0.25) is 0 Å². The molecule has 0 aliphatic carbocycles. The first-order chi connectivity index (χ1) is 28.2. The second kappa shape index (κ2) is 12.6. The van der Waals surface area contributed by atoms with Gasteiger partial charge in [-0.3, -0.25) is 0 Å². The Morgan fingerprint density at radius 2 is 0.772 bits per heavy atom. The van der Waals surface area contributed by atoms with E-state index >= 15 is 0 Å². The van der Waals surface area contributed by atoms with Gasteiger partial charge in [-0.25, -0.2) is 15.0 Å². The number of rotatable bonds is 5. The standard InChI is InChI=1S/C51H31N5S/c1-3-13-32(14-4-1)49-52-50(54-51(53-49)34-24-27-42-41-19-9-12-22-47(41)57-48(42)30-34)33-23-26-39-37-17-8-11-21-44(37)56(45(39)29-33)36-25-28-40-38-18-7-10-20-43(38)55(46(40)31-36)35-15-5-2-6-16-35/h1-31H. The topological polar surface area (TPSA) is 48.5 Å². The first-order valence-corrected chi connectivity index (χ1v) is 19.9. The molecule has 0 saturated heterocycles. The molecular formula is C51H31N5S. The smallest absolute Gasteiger partial charge is 0.164 e. The minimum Gasteiger partial charge on any atom is -0.309 e. The largest absolute Gasteiger partial charge is 0.309 e. The summed E-state index contributed by atoms with van der Waals surface area (Å²) in [7, 11) is 0. The summed E-state index contributed by atoms with van der Waals surface area (Å²) in [4.78, 5) is 15.4. The number of hydrogen-bond acceptors (Lipinski definition) is 4. The molecule has 266 valence electrons. The highest BCUT2D eigenvalue weighted by molar-refractivity contribution is 7.25. The fourth-order valence-electron chi connectivity index (χ4n) is 8.56. The molecule has 0 atom stereocenters. The third-order valence-corrected chi connectivity index (χ3v) is 12.3. The Hall–Kier alpha value is -7.41. The molecule has 4 aromatic heterocycles. The van der Waals surface area contributed by atoms with Gasteiger partial charge in [-0.2, -0.15) is 0 Å². The summed E-state index contributed by atoms with van der Waals surface area (Å²) >= 11 is 1.80. The Labute approximate surface area is 331 Å². The predicted molar refractivity (Wildman–Crippen MR) is 238 cm³/mol. The third kappa shape index (κ3) is 5.04. The molecule has 12 aromatic rings. The summed E-state index contributed by atoms with van der Waals surface area (Å²) in [5, 5.41) is 7.34. The van der Waals surface area contributed by atoms with Crippen LogP contribution in [0.3, 0.4) is 0 Å². The summed E-state index contributed by atoms with van der Waals surface area (Å²) in [6.45, 7) is 0. The van der Waals surface area contributed by atoms with E-state index in [4.69, 9.17) is 15.0 Å². The van der Waals surface area contributed by atoms with Crippen molar-refractivity contribution in [2.45, 2.75) is 0 Å². The van der Waals surface area contributed by atoms with E-state index in [1.54, 1.807) is 11.3 Å². The van der Waals surface area contributed by atoms with Gasteiger partial charge in [0, 0.05) is 69.8 Å². The Morgan fingerprint density at radius 3 is 1.47 bits per heavy atom. The average molecular weight is 746 g/mol. The second-order valence-electron chi connectivity index (χ2n) is 14.5. The summed E-state index contributed by atoms with van der Waals surface area (Å²) in [6, 6.07) is 66.8. The van der Waals surface area contributed by atoms with E-state index in [9.17, 15) is 0 Å². The van der Waals surface area contributed by atoms with Crippen molar-refractivity contribution in [1.29, 1.82) is 0 Å². The van der Waals surface area contributed by atoms with Gasteiger partial charge in [0.05, 0.1) is 22.1 Å². The zero-order valence-electron chi connectivity index (χ0n) is 30.5. The maximum Gasteiger partial charge on any atom is 0.164 e. The Balaban J connectivity index is 1.07. The SMILES string of the molecule is c1ccc(-c2nc(-c3ccc4c(c3)sc3ccccc34)nc(-c3ccc4c5ccccc5n(-c5ccc6c7ccccc7n(-c7ccccc7)c6c5)c4c3)n2)cc1. The van der Waals surface area contributed by atoms with Crippen molar-refractivity contribution in [2.75, 3.05) is 0 Å². The minimum absolute atomic E-state index is 0.633. The fourth-order valence-corrected chi connectivity index (χ4v) is 9.70. The van der Waals surface area contributed by atoms with Gasteiger partial charge in [0.25, 0.3) is 0 Å². The molecular weight excluding hydrogens is 715 g/mol. The minimum atomic E-state index is 0.633. The third-order valence-electron chi connectivity index (χ3n) is 11.2. The van der Waals surface area contributed by atoms with Gasteiger partial charge >= 0.3 is 0 Å². The van der Waals surface area contributed by atoms with Crippen LogP contribution in [0.25, 0.3) is 109 Å². The van der Waals surface area contributed by atoms with Gasteiger partial charge in [0.1, 0.15) is 0 Å². The van der Waals surface area contributed by atoms with Crippen molar-refractivity contribution in [1.82, 2.24) is 24.1 Å². The summed E-state index contributed by atoms with van der Waals surface area (Å²) in [6.07, 6.45) is 0. The average Bonchev–Trinajstić information content (AvgIpc) is 3.93. The van der Waals surface area contributed by atoms with E-state index in [0.717, 1.165) is 44.6 Å². The molecule has 12 rings (SSSR count). The molecule has 0 aliphatic heterocycles. The molecule has 8 aromatic carbocycles. The number of nitrogens with zero attached hydrogens (tertiary/aromatic N) is 5. The van der Waals surface area contributed by atoms with E-state index in [-0.39, 0.29) is 0 Å². The highest BCUT2D eigenvalue weighted by Gasteiger charge is 2.19. The van der Waals surface area contributed by atoms with E-state index < -0.39 is 0 Å².